The van der Waals surface area contributed by atoms with E-state index in [4.69, 9.17) is 4.74 Å². The van der Waals surface area contributed by atoms with Crippen LogP contribution in [0.3, 0.4) is 0 Å². The van der Waals surface area contributed by atoms with Crippen molar-refractivity contribution in [1.29, 1.82) is 0 Å². The molecule has 0 radical (unpaired) electrons. The zero-order valence-corrected chi connectivity index (χ0v) is 35.1. The van der Waals surface area contributed by atoms with E-state index in [1.807, 2.05) is 0 Å². The van der Waals surface area contributed by atoms with Gasteiger partial charge in [0.25, 0.3) is 0 Å². The molecule has 0 aliphatic carbocycles. The second-order valence-electron chi connectivity index (χ2n) is 16.5. The fourth-order valence-corrected chi connectivity index (χ4v) is 7.67. The molecule has 0 atom stereocenters. The number of ether oxygens (including phenoxy) is 1. The lowest BCUT2D eigenvalue weighted by atomic mass is 10.0. The van der Waals surface area contributed by atoms with Crippen LogP contribution < -0.4 is 0 Å². The first-order valence-electron chi connectivity index (χ1n) is 24.0. The van der Waals surface area contributed by atoms with E-state index in [1.54, 1.807) is 0 Å². The van der Waals surface area contributed by atoms with Gasteiger partial charge in [0.2, 0.25) is 0 Å². The molecule has 2 heteroatoms. The van der Waals surface area contributed by atoms with Crippen LogP contribution in [0.25, 0.3) is 0 Å². The van der Waals surface area contributed by atoms with Crippen molar-refractivity contribution in [3.8, 4) is 0 Å². The lowest BCUT2D eigenvalue weighted by Gasteiger charge is -2.06. The van der Waals surface area contributed by atoms with Crippen molar-refractivity contribution < 1.29 is 9.53 Å². The first-order valence-corrected chi connectivity index (χ1v) is 24.0. The Kier molecular flexibility index (Phi) is 46.0. The fourth-order valence-electron chi connectivity index (χ4n) is 7.67. The maximum Gasteiger partial charge on any atom is 0.305 e. The van der Waals surface area contributed by atoms with Crippen LogP contribution in [-0.4, -0.2) is 12.6 Å². The van der Waals surface area contributed by atoms with Crippen molar-refractivity contribution in [1.82, 2.24) is 0 Å². The molecule has 0 aliphatic rings. The Labute approximate surface area is 317 Å². The second-order valence-corrected chi connectivity index (χ2v) is 16.5. The zero-order chi connectivity index (χ0) is 36.1. The number of unbranched alkanes of at least 4 members (excludes halogenated alkanes) is 41. The van der Waals surface area contributed by atoms with Crippen LogP contribution in [0.1, 0.15) is 296 Å². The van der Waals surface area contributed by atoms with Gasteiger partial charge in [0, 0.05) is 6.42 Å². The molecule has 0 saturated heterocycles. The number of carbonyl (C=O) groups excluding carboxylic acids is 1. The van der Waals surface area contributed by atoms with E-state index in [2.05, 4.69) is 13.8 Å². The summed E-state index contributed by atoms with van der Waals surface area (Å²) in [5.41, 5.74) is 0. The summed E-state index contributed by atoms with van der Waals surface area (Å²) in [7, 11) is 0. The summed E-state index contributed by atoms with van der Waals surface area (Å²) in [6.45, 7) is 5.24. The molecule has 0 rings (SSSR count). The van der Waals surface area contributed by atoms with Crippen LogP contribution in [0.5, 0.6) is 0 Å². The SMILES string of the molecule is CCCCCCCCCCCCCCCCCCCCCCCCCCCC(=O)OCCCCCCCCCCCCCCCCCCCC. The Morgan fingerprint density at radius 1 is 0.260 bits per heavy atom. The fraction of sp³-hybridized carbons (Fsp3) is 0.979. The highest BCUT2D eigenvalue weighted by Crippen LogP contribution is 2.17. The molecule has 0 fully saturated rings. The van der Waals surface area contributed by atoms with E-state index in [-0.39, 0.29) is 5.97 Å². The number of carbonyl (C=O) groups is 1. The maximum atomic E-state index is 12.0. The van der Waals surface area contributed by atoms with Crippen LogP contribution in [-0.2, 0) is 9.53 Å². The molecule has 0 saturated carbocycles. The Morgan fingerprint density at radius 2 is 0.440 bits per heavy atom. The standard InChI is InChI=1S/C48H96O2/c1-3-5-7-9-11-13-15-17-19-21-23-24-25-26-27-28-29-30-32-34-36-38-40-42-44-46-48(49)50-47-45-43-41-39-37-35-33-31-22-20-18-16-14-12-10-8-6-4-2/h3-47H2,1-2H3. The molecule has 0 aromatic rings. The minimum atomic E-state index is 0.0334. The topological polar surface area (TPSA) is 26.3 Å². The molecule has 0 bridgehead atoms. The van der Waals surface area contributed by atoms with Gasteiger partial charge in [-0.2, -0.15) is 0 Å². The summed E-state index contributed by atoms with van der Waals surface area (Å²) in [5.74, 6) is 0.0334. The summed E-state index contributed by atoms with van der Waals surface area (Å²) in [5, 5.41) is 0. The lowest BCUT2D eigenvalue weighted by molar-refractivity contribution is -0.143. The molecule has 0 aromatic heterocycles. The van der Waals surface area contributed by atoms with Gasteiger partial charge >= 0.3 is 5.97 Å². The van der Waals surface area contributed by atoms with E-state index >= 15 is 0 Å². The van der Waals surface area contributed by atoms with E-state index in [0.717, 1.165) is 12.8 Å². The van der Waals surface area contributed by atoms with Gasteiger partial charge in [-0.3, -0.25) is 4.79 Å². The summed E-state index contributed by atoms with van der Waals surface area (Å²) in [6.07, 6.45) is 60.9. The van der Waals surface area contributed by atoms with Gasteiger partial charge in [-0.1, -0.05) is 277 Å². The Bertz CT molecular complexity index is 601. The van der Waals surface area contributed by atoms with Crippen molar-refractivity contribution in [2.45, 2.75) is 296 Å². The van der Waals surface area contributed by atoms with E-state index in [1.165, 1.54) is 263 Å². The molecule has 0 amide bonds. The largest absolute Gasteiger partial charge is 0.466 e. The summed E-state index contributed by atoms with van der Waals surface area (Å²) < 4.78 is 5.49. The lowest BCUT2D eigenvalue weighted by Crippen LogP contribution is -2.05. The smallest absolute Gasteiger partial charge is 0.305 e. The zero-order valence-electron chi connectivity index (χ0n) is 35.1. The Hall–Kier alpha value is -0.530. The molecule has 0 N–H and O–H groups in total. The van der Waals surface area contributed by atoms with E-state index in [9.17, 15) is 4.79 Å². The highest BCUT2D eigenvalue weighted by Gasteiger charge is 2.03. The molecule has 0 spiro atoms. The van der Waals surface area contributed by atoms with Gasteiger partial charge in [0.1, 0.15) is 0 Å². The first-order chi connectivity index (χ1) is 24.8. The van der Waals surface area contributed by atoms with Crippen molar-refractivity contribution in [3.63, 3.8) is 0 Å². The average molecular weight is 705 g/mol. The molecule has 0 unspecified atom stereocenters. The van der Waals surface area contributed by atoms with Crippen LogP contribution in [0, 0.1) is 0 Å². The van der Waals surface area contributed by atoms with Gasteiger partial charge in [-0.15, -0.1) is 0 Å². The molecule has 300 valence electrons. The first kappa shape index (κ1) is 49.5. The van der Waals surface area contributed by atoms with Crippen LogP contribution >= 0.6 is 0 Å². The second kappa shape index (κ2) is 46.5. The van der Waals surface area contributed by atoms with Crippen LogP contribution in [0.4, 0.5) is 0 Å². The Balaban J connectivity index is 3.14. The number of hydrogen-bond acceptors (Lipinski definition) is 2. The molecule has 0 heterocycles. The quantitative estimate of drug-likeness (QED) is 0.0466. The number of esters is 1. The monoisotopic (exact) mass is 705 g/mol. The Morgan fingerprint density at radius 3 is 0.660 bits per heavy atom. The number of rotatable bonds is 45. The molecule has 50 heavy (non-hydrogen) atoms. The molecule has 0 aromatic carbocycles. The van der Waals surface area contributed by atoms with E-state index in [0.29, 0.717) is 13.0 Å². The van der Waals surface area contributed by atoms with E-state index < -0.39 is 0 Å². The average Bonchev–Trinajstić information content (AvgIpc) is 3.12. The van der Waals surface area contributed by atoms with Gasteiger partial charge in [0.05, 0.1) is 6.61 Å². The van der Waals surface area contributed by atoms with Crippen molar-refractivity contribution >= 4 is 5.97 Å². The van der Waals surface area contributed by atoms with Crippen molar-refractivity contribution in [2.75, 3.05) is 6.61 Å². The highest BCUT2D eigenvalue weighted by molar-refractivity contribution is 5.69. The molecule has 2 nitrogen and oxygen atoms in total. The maximum absolute atomic E-state index is 12.0. The van der Waals surface area contributed by atoms with Gasteiger partial charge in [0.15, 0.2) is 0 Å². The minimum absolute atomic E-state index is 0.0334. The third-order valence-corrected chi connectivity index (χ3v) is 11.2. The molecular formula is C48H96O2. The van der Waals surface area contributed by atoms with Crippen molar-refractivity contribution in [3.05, 3.63) is 0 Å². The minimum Gasteiger partial charge on any atom is -0.466 e. The van der Waals surface area contributed by atoms with Gasteiger partial charge in [-0.25, -0.2) is 0 Å². The van der Waals surface area contributed by atoms with Crippen molar-refractivity contribution in [2.24, 2.45) is 0 Å². The third kappa shape index (κ3) is 45.5. The van der Waals surface area contributed by atoms with Crippen LogP contribution in [0.2, 0.25) is 0 Å². The van der Waals surface area contributed by atoms with Gasteiger partial charge in [-0.05, 0) is 12.8 Å². The number of hydrogen-bond donors (Lipinski definition) is 0. The highest BCUT2D eigenvalue weighted by atomic mass is 16.5. The molecular weight excluding hydrogens is 609 g/mol. The predicted molar refractivity (Wildman–Crippen MR) is 225 cm³/mol. The predicted octanol–water partition coefficient (Wildman–Crippen LogP) is 17.7. The normalized spacial score (nSPS) is 11.5. The van der Waals surface area contributed by atoms with Gasteiger partial charge < -0.3 is 4.74 Å². The summed E-state index contributed by atoms with van der Waals surface area (Å²) in [6, 6.07) is 0. The van der Waals surface area contributed by atoms with Crippen LogP contribution in [0.15, 0.2) is 0 Å². The third-order valence-electron chi connectivity index (χ3n) is 11.2. The summed E-state index contributed by atoms with van der Waals surface area (Å²) in [4.78, 5) is 12.0. The summed E-state index contributed by atoms with van der Waals surface area (Å²) >= 11 is 0. The molecule has 0 aliphatic heterocycles.